The molecule has 2 aromatic rings. The molecule has 1 heterocycles. The predicted octanol–water partition coefficient (Wildman–Crippen LogP) is -1.04. The summed E-state index contributed by atoms with van der Waals surface area (Å²) in [7, 11) is -4.04. The minimum atomic E-state index is -4.04. The van der Waals surface area contributed by atoms with Crippen molar-refractivity contribution in [1.82, 2.24) is 9.97 Å². The van der Waals surface area contributed by atoms with Crippen molar-refractivity contribution >= 4 is 21.6 Å². The van der Waals surface area contributed by atoms with Crippen LogP contribution in [0, 0.1) is 0 Å². The lowest BCUT2D eigenvalue weighted by molar-refractivity contribution is 0.102. The number of aromatic amines is 2. The first-order chi connectivity index (χ1) is 9.79. The van der Waals surface area contributed by atoms with Crippen molar-refractivity contribution < 1.29 is 13.2 Å². The summed E-state index contributed by atoms with van der Waals surface area (Å²) in [4.78, 5) is 38.0. The Morgan fingerprint density at radius 3 is 2.48 bits per heavy atom. The Labute approximate surface area is 117 Å². The van der Waals surface area contributed by atoms with E-state index in [9.17, 15) is 22.8 Å². The molecule has 9 nitrogen and oxygen atoms in total. The molecule has 0 saturated heterocycles. The van der Waals surface area contributed by atoms with E-state index in [4.69, 9.17) is 5.14 Å². The standard InChI is InChI=1S/C11H10N4O5S/c12-21(19,20)8-4-2-1-3-7(8)14-9(16)6-5-13-11(18)15-10(6)17/h1-5H,(H,14,16)(H2,12,19,20)(H2,13,15,17,18). The summed E-state index contributed by atoms with van der Waals surface area (Å²) in [6.07, 6.45) is 0.927. The molecule has 110 valence electrons. The zero-order valence-corrected chi connectivity index (χ0v) is 11.2. The zero-order valence-electron chi connectivity index (χ0n) is 10.4. The Kier molecular flexibility index (Phi) is 3.74. The van der Waals surface area contributed by atoms with E-state index in [1.807, 2.05) is 4.98 Å². The van der Waals surface area contributed by atoms with Crippen LogP contribution in [0.1, 0.15) is 10.4 Å². The van der Waals surface area contributed by atoms with Crippen LogP contribution in [0.15, 0.2) is 44.9 Å². The fourth-order valence-corrected chi connectivity index (χ4v) is 2.28. The number of nitrogens with two attached hydrogens (primary N) is 1. The number of anilines is 1. The van der Waals surface area contributed by atoms with Gasteiger partial charge >= 0.3 is 5.69 Å². The molecule has 0 aliphatic heterocycles. The number of nitrogens with one attached hydrogen (secondary N) is 3. The Balaban J connectivity index is 2.41. The smallest absolute Gasteiger partial charge is 0.321 e. The lowest BCUT2D eigenvalue weighted by Crippen LogP contribution is -2.30. The van der Waals surface area contributed by atoms with Gasteiger partial charge in [-0.3, -0.25) is 14.6 Å². The van der Waals surface area contributed by atoms with E-state index in [0.717, 1.165) is 6.20 Å². The molecule has 0 radical (unpaired) electrons. The highest BCUT2D eigenvalue weighted by molar-refractivity contribution is 7.89. The highest BCUT2D eigenvalue weighted by atomic mass is 32.2. The maximum Gasteiger partial charge on any atom is 0.325 e. The van der Waals surface area contributed by atoms with Crippen LogP contribution in [0.3, 0.4) is 0 Å². The predicted molar refractivity (Wildman–Crippen MR) is 73.5 cm³/mol. The van der Waals surface area contributed by atoms with Crippen LogP contribution in [0.2, 0.25) is 0 Å². The Bertz CT molecular complexity index is 912. The van der Waals surface area contributed by atoms with Crippen LogP contribution in [0.5, 0.6) is 0 Å². The molecule has 0 unspecified atom stereocenters. The Morgan fingerprint density at radius 2 is 1.86 bits per heavy atom. The summed E-state index contributed by atoms with van der Waals surface area (Å²) >= 11 is 0. The van der Waals surface area contributed by atoms with Gasteiger partial charge in [0.1, 0.15) is 10.5 Å². The molecule has 0 fully saturated rings. The zero-order chi connectivity index (χ0) is 15.6. The van der Waals surface area contributed by atoms with E-state index in [2.05, 4.69) is 10.3 Å². The number of sulfonamides is 1. The van der Waals surface area contributed by atoms with Crippen LogP contribution >= 0.6 is 0 Å². The number of primary sulfonamides is 1. The van der Waals surface area contributed by atoms with Gasteiger partial charge in [-0.25, -0.2) is 18.4 Å². The maximum atomic E-state index is 11.9. The van der Waals surface area contributed by atoms with E-state index in [-0.39, 0.29) is 16.1 Å². The number of para-hydroxylation sites is 1. The van der Waals surface area contributed by atoms with Crippen molar-refractivity contribution in [3.63, 3.8) is 0 Å². The highest BCUT2D eigenvalue weighted by Gasteiger charge is 2.17. The normalized spacial score (nSPS) is 11.1. The summed E-state index contributed by atoms with van der Waals surface area (Å²) in [5, 5.41) is 7.28. The Hall–Kier alpha value is -2.72. The topological polar surface area (TPSA) is 155 Å². The third kappa shape index (κ3) is 3.24. The molecule has 0 bridgehead atoms. The number of hydrogen-bond donors (Lipinski definition) is 4. The van der Waals surface area contributed by atoms with Crippen molar-refractivity contribution in [2.45, 2.75) is 4.90 Å². The number of amides is 1. The fourth-order valence-electron chi connectivity index (χ4n) is 1.59. The monoisotopic (exact) mass is 310 g/mol. The van der Waals surface area contributed by atoms with Crippen LogP contribution in [0.4, 0.5) is 5.69 Å². The van der Waals surface area contributed by atoms with Crippen LogP contribution in [-0.2, 0) is 10.0 Å². The molecule has 0 aliphatic carbocycles. The van der Waals surface area contributed by atoms with Gasteiger partial charge in [0.05, 0.1) is 5.69 Å². The van der Waals surface area contributed by atoms with Gasteiger partial charge in [0.25, 0.3) is 11.5 Å². The molecular formula is C11H10N4O5S. The first-order valence-electron chi connectivity index (χ1n) is 5.54. The van der Waals surface area contributed by atoms with Crippen molar-refractivity contribution in [3.05, 3.63) is 56.9 Å². The number of carbonyl (C=O) groups is 1. The van der Waals surface area contributed by atoms with Crippen molar-refractivity contribution in [3.8, 4) is 0 Å². The van der Waals surface area contributed by atoms with Gasteiger partial charge in [-0.05, 0) is 12.1 Å². The summed E-state index contributed by atoms with van der Waals surface area (Å²) in [5.74, 6) is -0.886. The number of benzene rings is 1. The molecule has 5 N–H and O–H groups in total. The molecule has 1 aromatic carbocycles. The fraction of sp³-hybridized carbons (Fsp3) is 0. The summed E-state index contributed by atoms with van der Waals surface area (Å²) < 4.78 is 22.8. The largest absolute Gasteiger partial charge is 0.325 e. The maximum absolute atomic E-state index is 11.9. The molecule has 21 heavy (non-hydrogen) atoms. The van der Waals surface area contributed by atoms with E-state index in [1.165, 1.54) is 24.3 Å². The van der Waals surface area contributed by atoms with Crippen molar-refractivity contribution in [2.24, 2.45) is 5.14 Å². The molecule has 0 aliphatic rings. The lowest BCUT2D eigenvalue weighted by Gasteiger charge is -2.08. The van der Waals surface area contributed by atoms with Gasteiger partial charge in [0.15, 0.2) is 0 Å². The lowest BCUT2D eigenvalue weighted by atomic mass is 10.2. The van der Waals surface area contributed by atoms with E-state index in [1.54, 1.807) is 0 Å². The molecule has 1 aromatic heterocycles. The third-order valence-corrected chi connectivity index (χ3v) is 3.47. The van der Waals surface area contributed by atoms with E-state index in [0.29, 0.717) is 0 Å². The van der Waals surface area contributed by atoms with Crippen LogP contribution < -0.4 is 21.7 Å². The van der Waals surface area contributed by atoms with Gasteiger partial charge < -0.3 is 10.3 Å². The van der Waals surface area contributed by atoms with Gasteiger partial charge in [-0.1, -0.05) is 12.1 Å². The highest BCUT2D eigenvalue weighted by Crippen LogP contribution is 2.19. The SMILES string of the molecule is NS(=O)(=O)c1ccccc1NC(=O)c1c[nH]c(=O)[nH]c1=O. The first kappa shape index (κ1) is 14.7. The minimum Gasteiger partial charge on any atom is -0.321 e. The average molecular weight is 310 g/mol. The number of H-pyrrole nitrogens is 2. The molecule has 0 spiro atoms. The van der Waals surface area contributed by atoms with Crippen molar-refractivity contribution in [1.29, 1.82) is 0 Å². The number of aromatic nitrogens is 2. The summed E-state index contributed by atoms with van der Waals surface area (Å²) in [6.45, 7) is 0. The molecular weight excluding hydrogens is 300 g/mol. The quantitative estimate of drug-likeness (QED) is 0.570. The second-order valence-corrected chi connectivity index (χ2v) is 5.51. The molecule has 0 saturated carbocycles. The second-order valence-electron chi connectivity index (χ2n) is 3.98. The van der Waals surface area contributed by atoms with Crippen LogP contribution in [0.25, 0.3) is 0 Å². The number of carbonyl (C=O) groups excluding carboxylic acids is 1. The summed E-state index contributed by atoms with van der Waals surface area (Å²) in [6, 6.07) is 5.45. The van der Waals surface area contributed by atoms with Crippen LogP contribution in [-0.4, -0.2) is 24.3 Å². The second kappa shape index (κ2) is 5.34. The van der Waals surface area contributed by atoms with Gasteiger partial charge in [0.2, 0.25) is 10.0 Å². The van der Waals surface area contributed by atoms with Gasteiger partial charge in [-0.15, -0.1) is 0 Å². The summed E-state index contributed by atoms with van der Waals surface area (Å²) in [5.41, 5.74) is -2.11. The molecule has 10 heteroatoms. The average Bonchev–Trinajstić information content (AvgIpc) is 2.37. The van der Waals surface area contributed by atoms with E-state index < -0.39 is 27.2 Å². The first-order valence-corrected chi connectivity index (χ1v) is 7.09. The Morgan fingerprint density at radius 1 is 1.19 bits per heavy atom. The number of rotatable bonds is 3. The molecule has 1 amide bonds. The van der Waals surface area contributed by atoms with E-state index >= 15 is 0 Å². The molecule has 0 atom stereocenters. The number of hydrogen-bond acceptors (Lipinski definition) is 5. The van der Waals surface area contributed by atoms with Gasteiger partial charge in [-0.2, -0.15) is 0 Å². The minimum absolute atomic E-state index is 0.0735. The molecule has 2 rings (SSSR count). The van der Waals surface area contributed by atoms with Gasteiger partial charge in [0, 0.05) is 6.20 Å². The third-order valence-electron chi connectivity index (χ3n) is 2.51. The van der Waals surface area contributed by atoms with Crippen molar-refractivity contribution in [2.75, 3.05) is 5.32 Å².